The predicted molar refractivity (Wildman–Crippen MR) is 75.5 cm³/mol. The molecule has 1 fully saturated rings. The summed E-state index contributed by atoms with van der Waals surface area (Å²) in [6, 6.07) is 3.73. The van der Waals surface area contributed by atoms with E-state index in [9.17, 15) is 9.90 Å². The Bertz CT molecular complexity index is 440. The lowest BCUT2D eigenvalue weighted by molar-refractivity contribution is 0.00645. The molecule has 2 heterocycles. The minimum atomic E-state index is -0.599. The summed E-state index contributed by atoms with van der Waals surface area (Å²) < 4.78 is 0. The molecule has 0 saturated carbocycles. The predicted octanol–water partition coefficient (Wildman–Crippen LogP) is 2.27. The van der Waals surface area contributed by atoms with Gasteiger partial charge in [0.2, 0.25) is 0 Å². The van der Waals surface area contributed by atoms with Crippen molar-refractivity contribution in [1.29, 1.82) is 0 Å². The Kier molecular flexibility index (Phi) is 3.90. The summed E-state index contributed by atoms with van der Waals surface area (Å²) in [4.78, 5) is 17.8. The molecule has 0 aliphatic carbocycles. The molecule has 0 bridgehead atoms. The summed E-state index contributed by atoms with van der Waals surface area (Å²) in [5.74, 6) is 1.30. The highest BCUT2D eigenvalue weighted by Gasteiger charge is 2.30. The number of pyridine rings is 1. The van der Waals surface area contributed by atoms with Gasteiger partial charge in [0.15, 0.2) is 5.78 Å². The lowest BCUT2D eigenvalue weighted by atomic mass is 9.83. The van der Waals surface area contributed by atoms with E-state index in [1.807, 2.05) is 26.0 Å². The van der Waals surface area contributed by atoms with Gasteiger partial charge in [0.1, 0.15) is 5.82 Å². The highest BCUT2D eigenvalue weighted by atomic mass is 16.3. The van der Waals surface area contributed by atoms with Crippen molar-refractivity contribution in [2.45, 2.75) is 39.2 Å². The Balaban J connectivity index is 2.00. The monoisotopic (exact) mass is 262 g/mol. The molecule has 1 aliphatic rings. The highest BCUT2D eigenvalue weighted by Crippen LogP contribution is 2.29. The summed E-state index contributed by atoms with van der Waals surface area (Å²) in [5, 5.41) is 10.0. The van der Waals surface area contributed by atoms with Crippen LogP contribution in [-0.4, -0.2) is 34.6 Å². The fraction of sp³-hybridized carbons (Fsp3) is 0.600. The summed E-state index contributed by atoms with van der Waals surface area (Å²) in [7, 11) is 0. The minimum Gasteiger partial charge on any atom is -0.390 e. The van der Waals surface area contributed by atoms with Gasteiger partial charge in [-0.2, -0.15) is 0 Å². The first-order chi connectivity index (χ1) is 8.88. The molecule has 0 atom stereocenters. The molecule has 0 radical (unpaired) electrons. The molecule has 4 heteroatoms. The van der Waals surface area contributed by atoms with Crippen molar-refractivity contribution in [2.75, 3.05) is 18.0 Å². The average molecular weight is 262 g/mol. The molecule has 1 aliphatic heterocycles. The van der Waals surface area contributed by atoms with Crippen LogP contribution < -0.4 is 4.90 Å². The molecule has 1 saturated heterocycles. The number of carbonyl (C=O) groups excluding carboxylic acids is 1. The van der Waals surface area contributed by atoms with Crippen molar-refractivity contribution >= 4 is 11.6 Å². The molecular formula is C15H22N2O2. The molecule has 19 heavy (non-hydrogen) atoms. The Morgan fingerprint density at radius 1 is 1.37 bits per heavy atom. The zero-order chi connectivity index (χ0) is 14.0. The van der Waals surface area contributed by atoms with Gasteiger partial charge in [0.25, 0.3) is 0 Å². The fourth-order valence-corrected chi connectivity index (χ4v) is 2.60. The van der Waals surface area contributed by atoms with Gasteiger partial charge in [-0.25, -0.2) is 4.98 Å². The van der Waals surface area contributed by atoms with Crippen LogP contribution in [0.2, 0.25) is 0 Å². The molecule has 2 rings (SSSR count). The van der Waals surface area contributed by atoms with Gasteiger partial charge >= 0.3 is 0 Å². The van der Waals surface area contributed by atoms with E-state index >= 15 is 0 Å². The molecule has 0 amide bonds. The van der Waals surface area contributed by atoms with Crippen LogP contribution in [0.5, 0.6) is 0 Å². The van der Waals surface area contributed by atoms with Gasteiger partial charge in [-0.3, -0.25) is 4.79 Å². The Hall–Kier alpha value is -1.42. The van der Waals surface area contributed by atoms with Crippen LogP contribution >= 0.6 is 0 Å². The SMILES string of the molecule is CC(=O)c1ccc(N2CCC(C(C)(C)O)CC2)nc1. The number of ketones is 1. The van der Waals surface area contributed by atoms with E-state index in [1.54, 1.807) is 13.1 Å². The maximum absolute atomic E-state index is 11.2. The number of carbonyl (C=O) groups is 1. The lowest BCUT2D eigenvalue weighted by Crippen LogP contribution is -2.42. The largest absolute Gasteiger partial charge is 0.390 e. The lowest BCUT2D eigenvalue weighted by Gasteiger charge is -2.38. The van der Waals surface area contributed by atoms with Crippen LogP contribution in [0.4, 0.5) is 5.82 Å². The van der Waals surface area contributed by atoms with E-state index in [0.29, 0.717) is 11.5 Å². The van der Waals surface area contributed by atoms with Gasteiger partial charge in [0, 0.05) is 24.8 Å². The first kappa shape index (κ1) is 14.0. The van der Waals surface area contributed by atoms with E-state index in [-0.39, 0.29) is 5.78 Å². The minimum absolute atomic E-state index is 0.0415. The normalized spacial score (nSPS) is 17.6. The molecule has 1 aromatic rings. The third kappa shape index (κ3) is 3.32. The number of aliphatic hydroxyl groups is 1. The average Bonchev–Trinajstić information content (AvgIpc) is 2.38. The second-order valence-corrected chi connectivity index (χ2v) is 5.88. The molecule has 1 aromatic heterocycles. The topological polar surface area (TPSA) is 53.4 Å². The summed E-state index contributed by atoms with van der Waals surface area (Å²) >= 11 is 0. The number of piperidine rings is 1. The van der Waals surface area contributed by atoms with E-state index in [0.717, 1.165) is 31.7 Å². The van der Waals surface area contributed by atoms with Crippen molar-refractivity contribution in [1.82, 2.24) is 4.98 Å². The van der Waals surface area contributed by atoms with Crippen molar-refractivity contribution < 1.29 is 9.90 Å². The smallest absolute Gasteiger partial charge is 0.161 e. The zero-order valence-corrected chi connectivity index (χ0v) is 11.9. The highest BCUT2D eigenvalue weighted by molar-refractivity contribution is 5.93. The quantitative estimate of drug-likeness (QED) is 0.849. The van der Waals surface area contributed by atoms with Crippen LogP contribution in [-0.2, 0) is 0 Å². The maximum atomic E-state index is 11.2. The molecule has 4 nitrogen and oxygen atoms in total. The first-order valence-electron chi connectivity index (χ1n) is 6.82. The van der Waals surface area contributed by atoms with Gasteiger partial charge in [-0.15, -0.1) is 0 Å². The summed E-state index contributed by atoms with van der Waals surface area (Å²) in [6.07, 6.45) is 3.58. The van der Waals surface area contributed by atoms with Gasteiger partial charge in [-0.05, 0) is 51.7 Å². The maximum Gasteiger partial charge on any atom is 0.161 e. The van der Waals surface area contributed by atoms with Crippen LogP contribution in [0.3, 0.4) is 0 Å². The van der Waals surface area contributed by atoms with Crippen molar-refractivity contribution in [3.8, 4) is 0 Å². The van der Waals surface area contributed by atoms with Crippen LogP contribution in [0.1, 0.15) is 44.0 Å². The number of rotatable bonds is 3. The van der Waals surface area contributed by atoms with E-state index in [2.05, 4.69) is 9.88 Å². The van der Waals surface area contributed by atoms with Gasteiger partial charge in [-0.1, -0.05) is 0 Å². The van der Waals surface area contributed by atoms with Crippen LogP contribution in [0, 0.1) is 5.92 Å². The number of Topliss-reactive ketones (excluding diaryl/α,β-unsaturated/α-hetero) is 1. The van der Waals surface area contributed by atoms with E-state index in [4.69, 9.17) is 0 Å². The number of anilines is 1. The molecule has 0 aromatic carbocycles. The van der Waals surface area contributed by atoms with Gasteiger partial charge in [0.05, 0.1) is 5.60 Å². The fourth-order valence-electron chi connectivity index (χ4n) is 2.60. The third-order valence-electron chi connectivity index (χ3n) is 3.97. The van der Waals surface area contributed by atoms with E-state index in [1.165, 1.54) is 0 Å². The number of hydrogen-bond donors (Lipinski definition) is 1. The summed E-state index contributed by atoms with van der Waals surface area (Å²) in [6.45, 7) is 7.12. The molecule has 104 valence electrons. The standard InChI is InChI=1S/C15H22N2O2/c1-11(18)12-4-5-14(16-10-12)17-8-6-13(7-9-17)15(2,3)19/h4-5,10,13,19H,6-9H2,1-3H3. The van der Waals surface area contributed by atoms with Crippen LogP contribution in [0.25, 0.3) is 0 Å². The Morgan fingerprint density at radius 2 is 2.00 bits per heavy atom. The second-order valence-electron chi connectivity index (χ2n) is 5.88. The second kappa shape index (κ2) is 5.29. The Morgan fingerprint density at radius 3 is 2.42 bits per heavy atom. The first-order valence-corrected chi connectivity index (χ1v) is 6.82. The van der Waals surface area contributed by atoms with Crippen molar-refractivity contribution in [3.63, 3.8) is 0 Å². The van der Waals surface area contributed by atoms with E-state index < -0.39 is 5.60 Å². The number of aromatic nitrogens is 1. The van der Waals surface area contributed by atoms with Crippen molar-refractivity contribution in [2.24, 2.45) is 5.92 Å². The zero-order valence-electron chi connectivity index (χ0n) is 11.9. The van der Waals surface area contributed by atoms with Gasteiger partial charge < -0.3 is 10.0 Å². The van der Waals surface area contributed by atoms with Crippen LogP contribution in [0.15, 0.2) is 18.3 Å². The molecular weight excluding hydrogens is 240 g/mol. The van der Waals surface area contributed by atoms with Crippen molar-refractivity contribution in [3.05, 3.63) is 23.9 Å². The summed E-state index contributed by atoms with van der Waals surface area (Å²) in [5.41, 5.74) is 0.0491. The number of nitrogens with zero attached hydrogens (tertiary/aromatic N) is 2. The third-order valence-corrected chi connectivity index (χ3v) is 3.97. The Labute approximate surface area is 114 Å². The molecule has 0 unspecified atom stereocenters. The molecule has 1 N–H and O–H groups in total. The number of hydrogen-bond acceptors (Lipinski definition) is 4. The molecule has 0 spiro atoms.